The summed E-state index contributed by atoms with van der Waals surface area (Å²) in [5, 5.41) is 18.2. The van der Waals surface area contributed by atoms with Crippen molar-refractivity contribution in [2.75, 3.05) is 13.2 Å². The molecule has 0 bridgehead atoms. The maximum absolute atomic E-state index is 12.7. The third-order valence-electron chi connectivity index (χ3n) is 5.98. The molecule has 13 nitrogen and oxygen atoms in total. The summed E-state index contributed by atoms with van der Waals surface area (Å²) >= 11 is 0. The average molecular weight is 527 g/mol. The molecule has 38 heavy (non-hydrogen) atoms. The number of aryl methyl sites for hydroxylation is 2. The maximum Gasteiger partial charge on any atom is 0.511 e. The van der Waals surface area contributed by atoms with E-state index in [1.54, 1.807) is 48.5 Å². The van der Waals surface area contributed by atoms with Crippen LogP contribution in [0, 0.1) is 0 Å². The molecule has 2 heterocycles. The number of benzene rings is 2. The molecule has 4 rings (SSSR count). The normalized spacial score (nSPS) is 11.2. The van der Waals surface area contributed by atoms with Crippen LogP contribution in [0.3, 0.4) is 0 Å². The number of aliphatic hydroxyl groups excluding tert-OH is 2. The van der Waals surface area contributed by atoms with E-state index in [9.17, 15) is 24.0 Å². The Labute approximate surface area is 213 Å². The number of aliphatic hydroxyl groups is 2. The van der Waals surface area contributed by atoms with Crippen molar-refractivity contribution >= 4 is 28.2 Å². The second kappa shape index (κ2) is 11.7. The van der Waals surface area contributed by atoms with Crippen molar-refractivity contribution in [2.24, 2.45) is 0 Å². The van der Waals surface area contributed by atoms with Gasteiger partial charge in [0, 0.05) is 26.3 Å². The number of hydrogen-bond acceptors (Lipinski definition) is 9. The van der Waals surface area contributed by atoms with E-state index in [4.69, 9.17) is 19.7 Å². The van der Waals surface area contributed by atoms with Crippen LogP contribution < -0.4 is 22.2 Å². The molecule has 0 saturated heterocycles. The number of carbonyl (C=O) groups is 1. The van der Waals surface area contributed by atoms with Crippen molar-refractivity contribution in [3.8, 4) is 0 Å². The minimum atomic E-state index is -1.23. The molecule has 200 valence electrons. The first-order valence-corrected chi connectivity index (χ1v) is 11.8. The molecule has 2 aromatic heterocycles. The smallest absolute Gasteiger partial charge is 0.412 e. The lowest BCUT2D eigenvalue weighted by Crippen LogP contribution is -2.43. The number of aromatic nitrogens is 4. The standard InChI is InChI=1S/C25H26N4O9/c30-13-5-11-26-17-7-1-3-9-19(17)28(23(34)21(26)32)15-37-25(36)38-16-29-20-10-4-2-8-18(20)27(12-6-14-31)22(33)24(29)35/h1-4,7-10,30-31H,5-6,11-16H2. The zero-order valence-corrected chi connectivity index (χ0v) is 20.3. The van der Waals surface area contributed by atoms with Crippen LogP contribution in [0.15, 0.2) is 67.7 Å². The summed E-state index contributed by atoms with van der Waals surface area (Å²) in [4.78, 5) is 63.1. The van der Waals surface area contributed by atoms with Gasteiger partial charge in [-0.15, -0.1) is 0 Å². The molecular weight excluding hydrogens is 500 g/mol. The zero-order valence-electron chi connectivity index (χ0n) is 20.3. The quantitative estimate of drug-likeness (QED) is 0.217. The van der Waals surface area contributed by atoms with Gasteiger partial charge in [-0.3, -0.25) is 28.3 Å². The molecule has 13 heteroatoms. The van der Waals surface area contributed by atoms with E-state index in [1.165, 1.54) is 9.13 Å². The Balaban J connectivity index is 1.56. The molecule has 0 spiro atoms. The van der Waals surface area contributed by atoms with Gasteiger partial charge in [0.2, 0.25) is 0 Å². The van der Waals surface area contributed by atoms with E-state index in [0.717, 1.165) is 9.13 Å². The Hall–Kier alpha value is -4.49. The van der Waals surface area contributed by atoms with Crippen LogP contribution in [0.5, 0.6) is 0 Å². The number of nitrogens with zero attached hydrogens (tertiary/aromatic N) is 4. The molecular formula is C25H26N4O9. The van der Waals surface area contributed by atoms with Gasteiger partial charge in [-0.05, 0) is 37.1 Å². The minimum Gasteiger partial charge on any atom is -0.412 e. The van der Waals surface area contributed by atoms with Crippen LogP contribution in [-0.4, -0.2) is 47.9 Å². The van der Waals surface area contributed by atoms with Crippen LogP contribution in [0.4, 0.5) is 4.79 Å². The van der Waals surface area contributed by atoms with Crippen LogP contribution in [0.2, 0.25) is 0 Å². The van der Waals surface area contributed by atoms with E-state index in [-0.39, 0.29) is 39.1 Å². The Morgan fingerprint density at radius 2 is 0.895 bits per heavy atom. The molecule has 0 amide bonds. The lowest BCUT2D eigenvalue weighted by molar-refractivity contribution is 0.0156. The summed E-state index contributed by atoms with van der Waals surface area (Å²) in [7, 11) is 0. The summed E-state index contributed by atoms with van der Waals surface area (Å²) < 4.78 is 14.6. The maximum atomic E-state index is 12.7. The number of fused-ring (bicyclic) bond motifs is 2. The van der Waals surface area contributed by atoms with Crippen molar-refractivity contribution in [1.82, 2.24) is 18.3 Å². The molecule has 0 fully saturated rings. The molecule has 2 N–H and O–H groups in total. The van der Waals surface area contributed by atoms with E-state index >= 15 is 0 Å². The van der Waals surface area contributed by atoms with Gasteiger partial charge in [0.15, 0.2) is 13.5 Å². The SMILES string of the molecule is O=C(OCn1c(=O)c(=O)n(CCCO)c2ccccc21)OCn1c(=O)c(=O)n(CCCO)c2ccccc21. The van der Waals surface area contributed by atoms with E-state index in [0.29, 0.717) is 22.1 Å². The number of hydrogen-bond donors (Lipinski definition) is 2. The molecule has 0 aliphatic heterocycles. The predicted molar refractivity (Wildman–Crippen MR) is 136 cm³/mol. The van der Waals surface area contributed by atoms with Crippen molar-refractivity contribution < 1.29 is 24.5 Å². The Morgan fingerprint density at radius 1 is 0.579 bits per heavy atom. The van der Waals surface area contributed by atoms with Crippen LogP contribution in [0.25, 0.3) is 22.1 Å². The fraction of sp³-hybridized carbons (Fsp3) is 0.320. The van der Waals surface area contributed by atoms with Crippen molar-refractivity contribution in [1.29, 1.82) is 0 Å². The predicted octanol–water partition coefficient (Wildman–Crippen LogP) is 0.173. The molecule has 4 aromatic rings. The minimum absolute atomic E-state index is 0.135. The van der Waals surface area contributed by atoms with Gasteiger partial charge in [0.1, 0.15) is 0 Å². The first-order chi connectivity index (χ1) is 18.4. The van der Waals surface area contributed by atoms with E-state index < -0.39 is 41.9 Å². The lowest BCUT2D eigenvalue weighted by atomic mass is 10.2. The monoisotopic (exact) mass is 526 g/mol. The Bertz CT molecular complexity index is 1590. The highest BCUT2D eigenvalue weighted by molar-refractivity contribution is 5.76. The van der Waals surface area contributed by atoms with Crippen molar-refractivity contribution in [3.63, 3.8) is 0 Å². The molecule has 2 aromatic carbocycles. The first kappa shape index (κ1) is 26.6. The highest BCUT2D eigenvalue weighted by Crippen LogP contribution is 2.13. The summed E-state index contributed by atoms with van der Waals surface area (Å²) in [6, 6.07) is 13.1. The topological polar surface area (TPSA) is 164 Å². The van der Waals surface area contributed by atoms with Crippen LogP contribution >= 0.6 is 0 Å². The van der Waals surface area contributed by atoms with Crippen LogP contribution in [-0.2, 0) is 36.0 Å². The number of rotatable bonds is 10. The first-order valence-electron chi connectivity index (χ1n) is 11.8. The van der Waals surface area contributed by atoms with Crippen molar-refractivity contribution in [2.45, 2.75) is 39.4 Å². The molecule has 0 atom stereocenters. The number of ether oxygens (including phenoxy) is 2. The van der Waals surface area contributed by atoms with E-state index in [1.807, 2.05) is 0 Å². The van der Waals surface area contributed by atoms with Gasteiger partial charge in [-0.1, -0.05) is 24.3 Å². The second-order valence-corrected chi connectivity index (χ2v) is 8.31. The highest BCUT2D eigenvalue weighted by atomic mass is 16.7. The fourth-order valence-corrected chi connectivity index (χ4v) is 4.17. The van der Waals surface area contributed by atoms with Crippen LogP contribution in [0.1, 0.15) is 12.8 Å². The molecule has 0 radical (unpaired) electrons. The summed E-state index contributed by atoms with van der Waals surface area (Å²) in [5.74, 6) is 0. The Morgan fingerprint density at radius 3 is 1.24 bits per heavy atom. The number of para-hydroxylation sites is 4. The van der Waals surface area contributed by atoms with E-state index in [2.05, 4.69) is 0 Å². The highest BCUT2D eigenvalue weighted by Gasteiger charge is 2.17. The largest absolute Gasteiger partial charge is 0.511 e. The summed E-state index contributed by atoms with van der Waals surface area (Å²) in [6.45, 7) is -1.31. The molecule has 0 unspecified atom stereocenters. The Kier molecular flexibility index (Phi) is 8.19. The number of carbonyl (C=O) groups excluding carboxylic acids is 1. The second-order valence-electron chi connectivity index (χ2n) is 8.31. The third-order valence-corrected chi connectivity index (χ3v) is 5.98. The van der Waals surface area contributed by atoms with Gasteiger partial charge in [-0.2, -0.15) is 0 Å². The lowest BCUT2D eigenvalue weighted by Gasteiger charge is -2.16. The summed E-state index contributed by atoms with van der Waals surface area (Å²) in [5.41, 5.74) is -2.04. The molecule has 0 aliphatic carbocycles. The van der Waals surface area contributed by atoms with Gasteiger partial charge in [-0.25, -0.2) is 4.79 Å². The van der Waals surface area contributed by atoms with Crippen molar-refractivity contribution in [3.05, 3.63) is 89.9 Å². The van der Waals surface area contributed by atoms with Gasteiger partial charge in [0.25, 0.3) is 0 Å². The van der Waals surface area contributed by atoms with Gasteiger partial charge >= 0.3 is 28.4 Å². The third kappa shape index (κ3) is 5.14. The molecule has 0 aliphatic rings. The fourth-order valence-electron chi connectivity index (χ4n) is 4.17. The van der Waals surface area contributed by atoms with Gasteiger partial charge in [0.05, 0.1) is 22.1 Å². The zero-order chi connectivity index (χ0) is 27.2. The summed E-state index contributed by atoms with van der Waals surface area (Å²) in [6.07, 6.45) is -0.683. The van der Waals surface area contributed by atoms with Gasteiger partial charge < -0.3 is 28.8 Å². The molecule has 0 saturated carbocycles. The average Bonchev–Trinajstić information content (AvgIpc) is 2.93.